The van der Waals surface area contributed by atoms with Crippen molar-refractivity contribution in [3.63, 3.8) is 0 Å². The first-order valence-corrected chi connectivity index (χ1v) is 5.60. The molecule has 0 aromatic carbocycles. The maximum absolute atomic E-state index is 11.7. The van der Waals surface area contributed by atoms with E-state index >= 15 is 0 Å². The molecule has 0 bridgehead atoms. The Kier molecular flexibility index (Phi) is 3.88. The normalized spacial score (nSPS) is 11.5. The number of ether oxygens (including phenoxy) is 2. The molecular formula is C11H16O3S. The van der Waals surface area contributed by atoms with E-state index in [0.717, 1.165) is 5.56 Å². The molecule has 1 aromatic heterocycles. The molecule has 1 aromatic rings. The molecule has 0 saturated carbocycles. The maximum Gasteiger partial charge on any atom is 0.349 e. The molecule has 0 aliphatic carbocycles. The van der Waals surface area contributed by atoms with Gasteiger partial charge in [-0.3, -0.25) is 0 Å². The summed E-state index contributed by atoms with van der Waals surface area (Å²) in [5.41, 5.74) is 0.433. The molecule has 0 radical (unpaired) electrons. The fourth-order valence-electron chi connectivity index (χ4n) is 1.11. The topological polar surface area (TPSA) is 35.5 Å². The molecule has 0 saturated heterocycles. The Bertz CT molecular complexity index is 336. The average Bonchev–Trinajstić information content (AvgIpc) is 2.49. The Hall–Kier alpha value is -0.870. The molecule has 1 heterocycles. The van der Waals surface area contributed by atoms with E-state index in [2.05, 4.69) is 0 Å². The van der Waals surface area contributed by atoms with Gasteiger partial charge >= 0.3 is 5.97 Å². The Morgan fingerprint density at radius 2 is 2.13 bits per heavy atom. The van der Waals surface area contributed by atoms with Crippen LogP contribution < -0.4 is 0 Å². The quantitative estimate of drug-likeness (QED) is 0.746. The van der Waals surface area contributed by atoms with Crippen molar-refractivity contribution in [1.29, 1.82) is 0 Å². The molecule has 0 aliphatic heterocycles. The van der Waals surface area contributed by atoms with Crippen molar-refractivity contribution >= 4 is 17.3 Å². The van der Waals surface area contributed by atoms with E-state index in [1.807, 2.05) is 32.2 Å². The molecular weight excluding hydrogens is 212 g/mol. The monoisotopic (exact) mass is 228 g/mol. The third-order valence-electron chi connectivity index (χ3n) is 1.63. The lowest BCUT2D eigenvalue weighted by Gasteiger charge is -2.19. The van der Waals surface area contributed by atoms with Crippen LogP contribution in [-0.2, 0) is 16.1 Å². The smallest absolute Gasteiger partial charge is 0.349 e. The number of thiophene rings is 1. The summed E-state index contributed by atoms with van der Waals surface area (Å²) in [6.07, 6.45) is 0. The van der Waals surface area contributed by atoms with Gasteiger partial charge in [-0.25, -0.2) is 4.79 Å². The lowest BCUT2D eigenvalue weighted by molar-refractivity contribution is 0.00720. The van der Waals surface area contributed by atoms with Crippen molar-refractivity contribution in [3.05, 3.63) is 21.9 Å². The minimum Gasteiger partial charge on any atom is -0.456 e. The number of carbonyl (C=O) groups excluding carboxylic acids is 1. The highest BCUT2D eigenvalue weighted by atomic mass is 32.1. The fourth-order valence-corrected chi connectivity index (χ4v) is 1.89. The van der Waals surface area contributed by atoms with Crippen LogP contribution in [0, 0.1) is 0 Å². The lowest BCUT2D eigenvalue weighted by Crippen LogP contribution is -2.23. The van der Waals surface area contributed by atoms with E-state index in [4.69, 9.17) is 9.47 Å². The van der Waals surface area contributed by atoms with Crippen molar-refractivity contribution in [2.24, 2.45) is 0 Å². The van der Waals surface area contributed by atoms with Crippen LogP contribution in [-0.4, -0.2) is 18.7 Å². The van der Waals surface area contributed by atoms with Gasteiger partial charge in [0.15, 0.2) is 0 Å². The number of rotatable bonds is 3. The second kappa shape index (κ2) is 4.77. The van der Waals surface area contributed by atoms with Crippen LogP contribution in [0.15, 0.2) is 11.4 Å². The molecule has 0 spiro atoms. The first-order valence-electron chi connectivity index (χ1n) is 4.72. The van der Waals surface area contributed by atoms with Gasteiger partial charge in [0, 0.05) is 12.7 Å². The molecule has 0 aliphatic rings. The number of esters is 1. The molecule has 1 rings (SSSR count). The predicted molar refractivity (Wildman–Crippen MR) is 60.2 cm³/mol. The molecule has 4 heteroatoms. The highest BCUT2D eigenvalue weighted by molar-refractivity contribution is 7.12. The van der Waals surface area contributed by atoms with Gasteiger partial charge in [-0.05, 0) is 32.2 Å². The fraction of sp³-hybridized carbons (Fsp3) is 0.545. The summed E-state index contributed by atoms with van der Waals surface area (Å²) in [6, 6.07) is 1.88. The van der Waals surface area contributed by atoms with Crippen LogP contribution in [0.25, 0.3) is 0 Å². The first kappa shape index (κ1) is 12.2. The van der Waals surface area contributed by atoms with Crippen LogP contribution in [0.5, 0.6) is 0 Å². The zero-order chi connectivity index (χ0) is 11.5. The molecule has 0 N–H and O–H groups in total. The Morgan fingerprint density at radius 3 is 2.67 bits per heavy atom. The molecule has 0 atom stereocenters. The second-order valence-corrected chi connectivity index (χ2v) is 5.13. The highest BCUT2D eigenvalue weighted by Gasteiger charge is 2.21. The van der Waals surface area contributed by atoms with E-state index in [-0.39, 0.29) is 5.97 Å². The van der Waals surface area contributed by atoms with Crippen LogP contribution in [0.4, 0.5) is 0 Å². The minimum absolute atomic E-state index is 0.274. The predicted octanol–water partition coefficient (Wildman–Crippen LogP) is 2.85. The van der Waals surface area contributed by atoms with E-state index in [9.17, 15) is 4.79 Å². The summed E-state index contributed by atoms with van der Waals surface area (Å²) in [4.78, 5) is 12.4. The molecule has 0 fully saturated rings. The van der Waals surface area contributed by atoms with Gasteiger partial charge in [0.2, 0.25) is 0 Å². The van der Waals surface area contributed by atoms with Crippen molar-refractivity contribution < 1.29 is 14.3 Å². The number of carbonyl (C=O) groups is 1. The summed E-state index contributed by atoms with van der Waals surface area (Å²) < 4.78 is 10.3. The summed E-state index contributed by atoms with van der Waals surface area (Å²) in [5, 5.41) is 1.87. The Labute approximate surface area is 94.0 Å². The van der Waals surface area contributed by atoms with Crippen LogP contribution in [0.1, 0.15) is 36.0 Å². The van der Waals surface area contributed by atoms with Crippen molar-refractivity contribution in [3.8, 4) is 0 Å². The zero-order valence-corrected chi connectivity index (χ0v) is 10.3. The van der Waals surface area contributed by atoms with Gasteiger partial charge in [-0.1, -0.05) is 0 Å². The third kappa shape index (κ3) is 3.64. The Morgan fingerprint density at radius 1 is 1.47 bits per heavy atom. The highest BCUT2D eigenvalue weighted by Crippen LogP contribution is 2.21. The summed E-state index contributed by atoms with van der Waals surface area (Å²) in [6.45, 7) is 6.01. The van der Waals surface area contributed by atoms with Gasteiger partial charge in [-0.15, -0.1) is 11.3 Å². The summed E-state index contributed by atoms with van der Waals surface area (Å²) in [5.74, 6) is -0.274. The minimum atomic E-state index is -0.453. The van der Waals surface area contributed by atoms with E-state index < -0.39 is 5.60 Å². The largest absolute Gasteiger partial charge is 0.456 e. The van der Waals surface area contributed by atoms with Crippen LogP contribution >= 0.6 is 11.3 Å². The van der Waals surface area contributed by atoms with Gasteiger partial charge in [0.25, 0.3) is 0 Å². The van der Waals surface area contributed by atoms with Gasteiger partial charge < -0.3 is 9.47 Å². The van der Waals surface area contributed by atoms with Gasteiger partial charge in [-0.2, -0.15) is 0 Å². The SMILES string of the molecule is COCc1ccsc1C(=O)OC(C)(C)C. The Balaban J connectivity index is 2.77. The number of hydrogen-bond acceptors (Lipinski definition) is 4. The maximum atomic E-state index is 11.7. The molecule has 0 unspecified atom stereocenters. The summed E-state index contributed by atoms with van der Waals surface area (Å²) >= 11 is 1.38. The third-order valence-corrected chi connectivity index (χ3v) is 2.57. The van der Waals surface area contributed by atoms with Crippen molar-refractivity contribution in [2.75, 3.05) is 7.11 Å². The molecule has 84 valence electrons. The molecule has 15 heavy (non-hydrogen) atoms. The van der Waals surface area contributed by atoms with Crippen molar-refractivity contribution in [1.82, 2.24) is 0 Å². The zero-order valence-electron chi connectivity index (χ0n) is 9.49. The van der Waals surface area contributed by atoms with E-state index in [1.165, 1.54) is 11.3 Å². The van der Waals surface area contributed by atoms with Crippen LogP contribution in [0.3, 0.4) is 0 Å². The summed E-state index contributed by atoms with van der Waals surface area (Å²) in [7, 11) is 1.61. The lowest BCUT2D eigenvalue weighted by atomic mass is 10.2. The van der Waals surface area contributed by atoms with Crippen molar-refractivity contribution in [2.45, 2.75) is 33.0 Å². The molecule has 3 nitrogen and oxygen atoms in total. The van der Waals surface area contributed by atoms with Crippen LogP contribution in [0.2, 0.25) is 0 Å². The first-order chi connectivity index (χ1) is 6.94. The standard InChI is InChI=1S/C11H16O3S/c1-11(2,3)14-10(12)9-8(7-13-4)5-6-15-9/h5-6H,7H2,1-4H3. The second-order valence-electron chi connectivity index (χ2n) is 4.21. The average molecular weight is 228 g/mol. The number of methoxy groups -OCH3 is 1. The number of hydrogen-bond donors (Lipinski definition) is 0. The van der Waals surface area contributed by atoms with E-state index in [1.54, 1.807) is 7.11 Å². The molecule has 0 amide bonds. The van der Waals surface area contributed by atoms with E-state index in [0.29, 0.717) is 11.5 Å². The van der Waals surface area contributed by atoms with Gasteiger partial charge in [0.1, 0.15) is 10.5 Å². The van der Waals surface area contributed by atoms with Gasteiger partial charge in [0.05, 0.1) is 6.61 Å².